The van der Waals surface area contributed by atoms with Crippen LogP contribution in [-0.4, -0.2) is 32.9 Å². The molecule has 0 bridgehead atoms. The number of halogens is 3. The van der Waals surface area contributed by atoms with Gasteiger partial charge in [0.25, 0.3) is 0 Å². The van der Waals surface area contributed by atoms with Crippen molar-refractivity contribution < 1.29 is 21.6 Å². The van der Waals surface area contributed by atoms with Gasteiger partial charge in [0.2, 0.25) is 10.0 Å². The number of hydrogen-bond donors (Lipinski definition) is 1. The fourth-order valence-corrected chi connectivity index (χ4v) is 3.41. The molecule has 0 aromatic heterocycles. The monoisotopic (exact) mass is 324 g/mol. The van der Waals surface area contributed by atoms with Crippen LogP contribution < -0.4 is 5.73 Å². The van der Waals surface area contributed by atoms with Crippen molar-refractivity contribution in [3.63, 3.8) is 0 Å². The summed E-state index contributed by atoms with van der Waals surface area (Å²) in [4.78, 5) is -0.743. The van der Waals surface area contributed by atoms with Gasteiger partial charge in [0.1, 0.15) is 0 Å². The minimum Gasteiger partial charge on any atom is -0.330 e. The third-order valence-electron chi connectivity index (χ3n) is 3.08. The van der Waals surface area contributed by atoms with Gasteiger partial charge in [-0.25, -0.2) is 12.7 Å². The van der Waals surface area contributed by atoms with Crippen molar-refractivity contribution in [1.29, 1.82) is 0 Å². The number of benzene rings is 1. The second-order valence-corrected chi connectivity index (χ2v) is 7.64. The molecular weight excluding hydrogens is 305 g/mol. The molecule has 0 saturated heterocycles. The smallest absolute Gasteiger partial charge is 0.330 e. The number of nitrogens with zero attached hydrogens (tertiary/aromatic N) is 1. The lowest BCUT2D eigenvalue weighted by atomic mass is 9.94. The molecule has 0 aliphatic rings. The van der Waals surface area contributed by atoms with Crippen LogP contribution in [0, 0.1) is 5.41 Å². The van der Waals surface area contributed by atoms with E-state index in [1.807, 2.05) is 0 Å². The van der Waals surface area contributed by atoms with E-state index in [-0.39, 0.29) is 13.1 Å². The van der Waals surface area contributed by atoms with Crippen molar-refractivity contribution in [1.82, 2.24) is 4.31 Å². The topological polar surface area (TPSA) is 63.4 Å². The maximum Gasteiger partial charge on any atom is 0.417 e. The van der Waals surface area contributed by atoms with Crippen molar-refractivity contribution in [3.8, 4) is 0 Å². The molecule has 1 aromatic carbocycles. The zero-order chi connectivity index (χ0) is 16.5. The van der Waals surface area contributed by atoms with Gasteiger partial charge in [-0.15, -0.1) is 0 Å². The molecule has 1 rings (SSSR count). The summed E-state index contributed by atoms with van der Waals surface area (Å²) in [5, 5.41) is 0. The van der Waals surface area contributed by atoms with Crippen molar-refractivity contribution in [2.75, 3.05) is 20.1 Å². The predicted octanol–water partition coefficient (Wildman–Crippen LogP) is 2.31. The second-order valence-electron chi connectivity index (χ2n) is 5.62. The molecule has 2 N–H and O–H groups in total. The first-order valence-electron chi connectivity index (χ1n) is 6.24. The van der Waals surface area contributed by atoms with Gasteiger partial charge in [-0.3, -0.25) is 0 Å². The molecule has 0 unspecified atom stereocenters. The van der Waals surface area contributed by atoms with E-state index in [9.17, 15) is 21.6 Å². The Morgan fingerprint density at radius 1 is 1.19 bits per heavy atom. The summed E-state index contributed by atoms with van der Waals surface area (Å²) < 4.78 is 64.5. The van der Waals surface area contributed by atoms with Gasteiger partial charge < -0.3 is 5.73 Å². The Morgan fingerprint density at radius 3 is 2.19 bits per heavy atom. The Morgan fingerprint density at radius 2 is 1.71 bits per heavy atom. The molecule has 0 saturated carbocycles. The van der Waals surface area contributed by atoms with Gasteiger partial charge in [0.05, 0.1) is 10.5 Å². The molecule has 0 amide bonds. The highest BCUT2D eigenvalue weighted by molar-refractivity contribution is 7.89. The Hall–Kier alpha value is -1.12. The van der Waals surface area contributed by atoms with E-state index in [1.54, 1.807) is 13.8 Å². The third kappa shape index (κ3) is 4.18. The molecular formula is C13H19F3N2O2S. The van der Waals surface area contributed by atoms with E-state index >= 15 is 0 Å². The average Bonchev–Trinajstić information content (AvgIpc) is 2.37. The lowest BCUT2D eigenvalue weighted by Gasteiger charge is -2.29. The molecule has 8 heteroatoms. The first-order chi connectivity index (χ1) is 9.42. The van der Waals surface area contributed by atoms with Crippen molar-refractivity contribution >= 4 is 10.0 Å². The largest absolute Gasteiger partial charge is 0.417 e. The van der Waals surface area contributed by atoms with Crippen molar-refractivity contribution in [2.45, 2.75) is 24.9 Å². The summed E-state index contributed by atoms with van der Waals surface area (Å²) in [5.41, 5.74) is 3.84. The lowest BCUT2D eigenvalue weighted by Crippen LogP contribution is -2.40. The van der Waals surface area contributed by atoms with Crippen LogP contribution in [0.3, 0.4) is 0 Å². The number of rotatable bonds is 5. The van der Waals surface area contributed by atoms with E-state index < -0.39 is 32.1 Å². The maximum atomic E-state index is 12.9. The van der Waals surface area contributed by atoms with E-state index in [0.717, 1.165) is 22.5 Å². The molecule has 0 aliphatic heterocycles. The van der Waals surface area contributed by atoms with Gasteiger partial charge >= 0.3 is 6.18 Å². The van der Waals surface area contributed by atoms with Crippen LogP contribution in [0.4, 0.5) is 13.2 Å². The molecule has 1 aromatic rings. The highest BCUT2D eigenvalue weighted by Crippen LogP contribution is 2.35. The van der Waals surface area contributed by atoms with Crippen LogP contribution in [0.15, 0.2) is 29.2 Å². The number of sulfonamides is 1. The van der Waals surface area contributed by atoms with Crippen molar-refractivity contribution in [2.24, 2.45) is 11.1 Å². The molecule has 0 aliphatic carbocycles. The molecule has 0 spiro atoms. The lowest BCUT2D eigenvalue weighted by molar-refractivity contribution is -0.139. The van der Waals surface area contributed by atoms with Crippen LogP contribution in [0.1, 0.15) is 19.4 Å². The fourth-order valence-electron chi connectivity index (χ4n) is 1.85. The average molecular weight is 324 g/mol. The highest BCUT2D eigenvalue weighted by atomic mass is 32.2. The molecule has 0 radical (unpaired) electrons. The summed E-state index contributed by atoms with van der Waals surface area (Å²) in [6.45, 7) is 3.73. The van der Waals surface area contributed by atoms with Gasteiger partial charge in [-0.05, 0) is 24.1 Å². The molecule has 4 nitrogen and oxygen atoms in total. The highest BCUT2D eigenvalue weighted by Gasteiger charge is 2.38. The zero-order valence-electron chi connectivity index (χ0n) is 12.1. The van der Waals surface area contributed by atoms with Gasteiger partial charge in [0.15, 0.2) is 0 Å². The first kappa shape index (κ1) is 17.9. The molecule has 21 heavy (non-hydrogen) atoms. The SMILES string of the molecule is CN(CC(C)(C)CN)S(=O)(=O)c1ccccc1C(F)(F)F. The minimum absolute atomic E-state index is 0.0258. The number of nitrogens with two attached hydrogens (primary N) is 1. The van der Waals surface area contributed by atoms with Gasteiger partial charge in [-0.2, -0.15) is 13.2 Å². The van der Waals surface area contributed by atoms with Crippen LogP contribution in [-0.2, 0) is 16.2 Å². The summed E-state index contributed by atoms with van der Waals surface area (Å²) in [5.74, 6) is 0. The zero-order valence-corrected chi connectivity index (χ0v) is 12.9. The van der Waals surface area contributed by atoms with Gasteiger partial charge in [-0.1, -0.05) is 26.0 Å². The molecule has 0 heterocycles. The summed E-state index contributed by atoms with van der Waals surface area (Å²) >= 11 is 0. The number of hydrogen-bond acceptors (Lipinski definition) is 3. The Balaban J connectivity index is 3.27. The Labute approximate surface area is 122 Å². The Kier molecular flexibility index (Phi) is 5.07. The fraction of sp³-hybridized carbons (Fsp3) is 0.538. The van der Waals surface area contributed by atoms with Crippen LogP contribution in [0.25, 0.3) is 0 Å². The molecule has 0 fully saturated rings. The first-order valence-corrected chi connectivity index (χ1v) is 7.68. The normalized spacial score (nSPS) is 13.7. The van der Waals surface area contributed by atoms with Crippen LogP contribution in [0.5, 0.6) is 0 Å². The standard InChI is InChI=1S/C13H19F3N2O2S/c1-12(2,8-17)9-18(3)21(19,20)11-7-5-4-6-10(11)13(14,15)16/h4-7H,8-9,17H2,1-3H3. The predicted molar refractivity (Wildman–Crippen MR) is 74.1 cm³/mol. The van der Waals surface area contributed by atoms with Crippen molar-refractivity contribution in [3.05, 3.63) is 29.8 Å². The van der Waals surface area contributed by atoms with Crippen LogP contribution in [0.2, 0.25) is 0 Å². The van der Waals surface area contributed by atoms with Crippen LogP contribution >= 0.6 is 0 Å². The molecule has 120 valence electrons. The summed E-state index contributed by atoms with van der Waals surface area (Å²) in [7, 11) is -2.99. The second kappa shape index (κ2) is 5.94. The third-order valence-corrected chi connectivity index (χ3v) is 4.95. The van der Waals surface area contributed by atoms with E-state index in [0.29, 0.717) is 0 Å². The quantitative estimate of drug-likeness (QED) is 0.904. The van der Waals surface area contributed by atoms with E-state index in [1.165, 1.54) is 13.1 Å². The van der Waals surface area contributed by atoms with Gasteiger partial charge in [0, 0.05) is 13.6 Å². The minimum atomic E-state index is -4.73. The summed E-state index contributed by atoms with van der Waals surface area (Å²) in [6, 6.07) is 4.15. The molecule has 0 atom stereocenters. The summed E-state index contributed by atoms with van der Waals surface area (Å²) in [6.07, 6.45) is -4.73. The maximum absolute atomic E-state index is 12.9. The van der Waals surface area contributed by atoms with E-state index in [2.05, 4.69) is 0 Å². The number of alkyl halides is 3. The Bertz CT molecular complexity index is 598. The van der Waals surface area contributed by atoms with E-state index in [4.69, 9.17) is 5.73 Å².